The van der Waals surface area contributed by atoms with Gasteiger partial charge < -0.3 is 9.22 Å². The molecule has 0 aromatic heterocycles. The lowest BCUT2D eigenvalue weighted by atomic mass is 9.88. The zero-order valence-electron chi connectivity index (χ0n) is 16.5. The number of quaternary nitrogens is 1. The Bertz CT molecular complexity index is 649. The number of hydrogen-bond acceptors (Lipinski definition) is 3. The normalized spacial score (nSPS) is 30.9. The second kappa shape index (κ2) is 6.65. The molecule has 1 aromatic carbocycles. The fourth-order valence-corrected chi connectivity index (χ4v) is 5.26. The van der Waals surface area contributed by atoms with Crippen LogP contribution in [0.5, 0.6) is 0 Å². The van der Waals surface area contributed by atoms with Gasteiger partial charge in [0, 0.05) is 25.4 Å². The van der Waals surface area contributed by atoms with E-state index in [1.165, 1.54) is 19.3 Å². The van der Waals surface area contributed by atoms with E-state index in [1.807, 2.05) is 18.2 Å². The van der Waals surface area contributed by atoms with Crippen LogP contribution in [0.4, 0.5) is 0 Å². The van der Waals surface area contributed by atoms with Crippen LogP contribution in [0, 0.1) is 5.92 Å². The maximum Gasteiger partial charge on any atom is 0.331 e. The van der Waals surface area contributed by atoms with Crippen molar-refractivity contribution in [3.63, 3.8) is 0 Å². The molecule has 2 bridgehead atoms. The first kappa shape index (κ1) is 18.0. The second-order valence-electron chi connectivity index (χ2n) is 9.41. The van der Waals surface area contributed by atoms with Gasteiger partial charge in [-0.2, -0.15) is 0 Å². The van der Waals surface area contributed by atoms with E-state index in [2.05, 4.69) is 38.1 Å². The first-order chi connectivity index (χ1) is 12.4. The number of benzene rings is 1. The molecule has 4 rings (SSSR count). The molecule has 0 radical (unpaired) electrons. The Morgan fingerprint density at radius 2 is 1.81 bits per heavy atom. The molecule has 142 valence electrons. The van der Waals surface area contributed by atoms with Gasteiger partial charge in [-0.25, -0.2) is 4.79 Å². The molecule has 4 heteroatoms. The molecule has 2 heterocycles. The molecule has 3 unspecified atom stereocenters. The van der Waals surface area contributed by atoms with Crippen molar-refractivity contribution in [1.82, 2.24) is 4.90 Å². The lowest BCUT2D eigenvalue weighted by molar-refractivity contribution is -0.896. The molecular weight excluding hydrogens is 324 g/mol. The predicted octanol–water partition coefficient (Wildman–Crippen LogP) is 3.17. The zero-order valence-corrected chi connectivity index (χ0v) is 16.5. The average molecular weight is 358 g/mol. The Labute approximate surface area is 157 Å². The standard InChI is InChI=1S/C22H33N2O2/c1-22(18-7-5-4-6-8-18,23-16-17-9-10-19(23)15-17)21(25)26-20-11-13-24(2,3)14-12-20/h4-8,17,19-20H,9-16H2,1-3H3/q+1. The molecule has 0 amide bonds. The van der Waals surface area contributed by atoms with Gasteiger partial charge in [-0.15, -0.1) is 0 Å². The highest BCUT2D eigenvalue weighted by Gasteiger charge is 2.52. The average Bonchev–Trinajstić information content (AvgIpc) is 3.27. The number of carbonyl (C=O) groups excluding carboxylic acids is 1. The van der Waals surface area contributed by atoms with E-state index < -0.39 is 5.54 Å². The maximum absolute atomic E-state index is 13.5. The summed E-state index contributed by atoms with van der Waals surface area (Å²) in [5, 5.41) is 0. The van der Waals surface area contributed by atoms with Crippen molar-refractivity contribution in [3.05, 3.63) is 35.9 Å². The molecular formula is C22H33N2O2+. The quantitative estimate of drug-likeness (QED) is 0.612. The van der Waals surface area contributed by atoms with Crippen LogP contribution in [-0.4, -0.2) is 61.2 Å². The summed E-state index contributed by atoms with van der Waals surface area (Å²) in [6, 6.07) is 10.8. The van der Waals surface area contributed by atoms with Gasteiger partial charge in [0.05, 0.1) is 27.2 Å². The monoisotopic (exact) mass is 357 g/mol. The number of carbonyl (C=O) groups is 1. The molecule has 0 N–H and O–H groups in total. The van der Waals surface area contributed by atoms with Crippen LogP contribution in [0.2, 0.25) is 0 Å². The van der Waals surface area contributed by atoms with E-state index in [9.17, 15) is 4.79 Å². The Kier molecular flexibility index (Phi) is 4.60. The summed E-state index contributed by atoms with van der Waals surface area (Å²) in [7, 11) is 4.51. The predicted molar refractivity (Wildman–Crippen MR) is 103 cm³/mol. The number of likely N-dealkylation sites (tertiary alicyclic amines) is 2. The molecule has 3 fully saturated rings. The molecule has 1 saturated carbocycles. The van der Waals surface area contributed by atoms with Gasteiger partial charge in [-0.05, 0) is 37.7 Å². The lowest BCUT2D eigenvalue weighted by Crippen LogP contribution is -2.55. The van der Waals surface area contributed by atoms with Gasteiger partial charge in [0.1, 0.15) is 11.6 Å². The first-order valence-corrected chi connectivity index (χ1v) is 10.2. The summed E-state index contributed by atoms with van der Waals surface area (Å²) in [5.41, 5.74) is 0.410. The number of esters is 1. The summed E-state index contributed by atoms with van der Waals surface area (Å²) in [6.07, 6.45) is 5.78. The van der Waals surface area contributed by atoms with Gasteiger partial charge in [0.2, 0.25) is 0 Å². The van der Waals surface area contributed by atoms with Crippen molar-refractivity contribution < 1.29 is 14.0 Å². The number of hydrogen-bond donors (Lipinski definition) is 0. The van der Waals surface area contributed by atoms with Gasteiger partial charge in [-0.3, -0.25) is 4.90 Å². The Hall–Kier alpha value is -1.39. The Balaban J connectivity index is 1.56. The SMILES string of the molecule is CC(C(=O)OC1CC[N+](C)(C)CC1)(c1ccccc1)N1CC2CCC1C2. The number of ether oxygens (including phenoxy) is 1. The van der Waals surface area contributed by atoms with Crippen molar-refractivity contribution in [2.45, 2.75) is 56.7 Å². The fraction of sp³-hybridized carbons (Fsp3) is 0.682. The van der Waals surface area contributed by atoms with Gasteiger partial charge in [-0.1, -0.05) is 30.3 Å². The molecule has 1 aliphatic carbocycles. The fourth-order valence-electron chi connectivity index (χ4n) is 5.26. The maximum atomic E-state index is 13.5. The van der Waals surface area contributed by atoms with Crippen molar-refractivity contribution in [2.24, 2.45) is 5.92 Å². The minimum atomic E-state index is -0.664. The molecule has 0 spiro atoms. The highest BCUT2D eigenvalue weighted by Crippen LogP contribution is 2.45. The van der Waals surface area contributed by atoms with Crippen LogP contribution in [0.1, 0.15) is 44.6 Å². The number of piperidine rings is 2. The summed E-state index contributed by atoms with van der Waals surface area (Å²) < 4.78 is 7.16. The number of rotatable bonds is 4. The number of nitrogens with zero attached hydrogens (tertiary/aromatic N) is 2. The minimum absolute atomic E-state index is 0.0477. The van der Waals surface area contributed by atoms with Crippen molar-refractivity contribution in [1.29, 1.82) is 0 Å². The van der Waals surface area contributed by atoms with E-state index in [-0.39, 0.29) is 12.1 Å². The molecule has 3 aliphatic rings. The number of fused-ring (bicyclic) bond motifs is 2. The summed E-state index contributed by atoms with van der Waals surface area (Å²) in [5.74, 6) is 0.706. The van der Waals surface area contributed by atoms with Crippen LogP contribution < -0.4 is 0 Å². The topological polar surface area (TPSA) is 29.5 Å². The van der Waals surface area contributed by atoms with E-state index in [4.69, 9.17) is 4.74 Å². The third-order valence-corrected chi connectivity index (χ3v) is 7.10. The summed E-state index contributed by atoms with van der Waals surface area (Å²) in [4.78, 5) is 15.9. The molecule has 2 aliphatic heterocycles. The lowest BCUT2D eigenvalue weighted by Gasteiger charge is -2.43. The van der Waals surface area contributed by atoms with Crippen molar-refractivity contribution in [2.75, 3.05) is 33.7 Å². The molecule has 3 atom stereocenters. The largest absolute Gasteiger partial charge is 0.460 e. The van der Waals surface area contributed by atoms with Crippen LogP contribution in [0.3, 0.4) is 0 Å². The van der Waals surface area contributed by atoms with Crippen LogP contribution >= 0.6 is 0 Å². The van der Waals surface area contributed by atoms with Crippen LogP contribution in [-0.2, 0) is 15.1 Å². The van der Waals surface area contributed by atoms with Crippen LogP contribution in [0.25, 0.3) is 0 Å². The molecule has 2 saturated heterocycles. The Morgan fingerprint density at radius 1 is 1.12 bits per heavy atom. The van der Waals surface area contributed by atoms with E-state index in [0.717, 1.165) is 48.4 Å². The molecule has 1 aromatic rings. The molecule has 26 heavy (non-hydrogen) atoms. The van der Waals surface area contributed by atoms with Gasteiger partial charge in [0.15, 0.2) is 0 Å². The third kappa shape index (κ3) is 3.18. The van der Waals surface area contributed by atoms with Crippen molar-refractivity contribution >= 4 is 5.97 Å². The summed E-state index contributed by atoms with van der Waals surface area (Å²) in [6.45, 7) is 5.27. The smallest absolute Gasteiger partial charge is 0.331 e. The molecule has 4 nitrogen and oxygen atoms in total. The van der Waals surface area contributed by atoms with E-state index in [0.29, 0.717) is 6.04 Å². The zero-order chi connectivity index (χ0) is 18.4. The van der Waals surface area contributed by atoms with Crippen LogP contribution in [0.15, 0.2) is 30.3 Å². The Morgan fingerprint density at radius 3 is 2.38 bits per heavy atom. The highest BCUT2D eigenvalue weighted by molar-refractivity contribution is 5.82. The van der Waals surface area contributed by atoms with E-state index in [1.54, 1.807) is 0 Å². The first-order valence-electron chi connectivity index (χ1n) is 10.2. The highest BCUT2D eigenvalue weighted by atomic mass is 16.5. The van der Waals surface area contributed by atoms with E-state index >= 15 is 0 Å². The van der Waals surface area contributed by atoms with Gasteiger partial charge >= 0.3 is 5.97 Å². The van der Waals surface area contributed by atoms with Crippen molar-refractivity contribution in [3.8, 4) is 0 Å². The third-order valence-electron chi connectivity index (χ3n) is 7.10. The van der Waals surface area contributed by atoms with Gasteiger partial charge in [0.25, 0.3) is 0 Å². The second-order valence-corrected chi connectivity index (χ2v) is 9.41. The minimum Gasteiger partial charge on any atom is -0.460 e. The summed E-state index contributed by atoms with van der Waals surface area (Å²) >= 11 is 0.